The minimum atomic E-state index is 0.00410. The van der Waals surface area contributed by atoms with Gasteiger partial charge in [-0.2, -0.15) is 0 Å². The van der Waals surface area contributed by atoms with E-state index in [1.54, 1.807) is 30.5 Å². The number of hydrogen-bond acceptors (Lipinski definition) is 4. The molecule has 0 spiro atoms. The molecule has 6 N–H and O–H groups in total. The fourth-order valence-corrected chi connectivity index (χ4v) is 2.37. The third kappa shape index (κ3) is 9.19. The van der Waals surface area contributed by atoms with Gasteiger partial charge in [0.15, 0.2) is 0 Å². The first-order valence-corrected chi connectivity index (χ1v) is 8.78. The van der Waals surface area contributed by atoms with Crippen LogP contribution in [0.4, 0.5) is 0 Å². The van der Waals surface area contributed by atoms with Crippen LogP contribution in [-0.4, -0.2) is 37.2 Å². The number of nitrogens with two attached hydrogens (primary N) is 2. The zero-order chi connectivity index (χ0) is 20.2. The highest BCUT2D eigenvalue weighted by atomic mass is 35.5. The second-order valence-electron chi connectivity index (χ2n) is 5.15. The average Bonchev–Trinajstić information content (AvgIpc) is 2.59. The molecule has 0 aliphatic heterocycles. The lowest BCUT2D eigenvalue weighted by atomic mass is 10.2. The number of aliphatic imine (C=N–C) groups is 2. The van der Waals surface area contributed by atoms with Gasteiger partial charge in [0.25, 0.3) is 0 Å². The van der Waals surface area contributed by atoms with Crippen molar-refractivity contribution in [1.82, 2.24) is 0 Å². The van der Waals surface area contributed by atoms with E-state index < -0.39 is 0 Å². The van der Waals surface area contributed by atoms with Crippen LogP contribution in [0.3, 0.4) is 0 Å². The predicted octanol–water partition coefficient (Wildman–Crippen LogP) is 4.04. The summed E-state index contributed by atoms with van der Waals surface area (Å²) in [4.78, 5) is 7.86. The van der Waals surface area contributed by atoms with Gasteiger partial charge in [-0.3, -0.25) is 20.8 Å². The van der Waals surface area contributed by atoms with E-state index in [4.69, 9.17) is 57.1 Å². The van der Waals surface area contributed by atoms with E-state index in [1.165, 1.54) is 6.21 Å². The highest BCUT2D eigenvalue weighted by molar-refractivity contribution is 6.38. The summed E-state index contributed by atoms with van der Waals surface area (Å²) < 4.78 is 0. The van der Waals surface area contributed by atoms with Crippen LogP contribution >= 0.6 is 34.8 Å². The second kappa shape index (κ2) is 12.1. The molecule has 142 valence electrons. The summed E-state index contributed by atoms with van der Waals surface area (Å²) in [6.07, 6.45) is 3.13. The van der Waals surface area contributed by atoms with Gasteiger partial charge in [-0.05, 0) is 18.2 Å². The smallest absolute Gasteiger partial charge is 0.113 e. The second-order valence-corrected chi connectivity index (χ2v) is 6.37. The molecule has 2 aromatic rings. The molecular formula is C18H19Cl3N6. The number of nitrogens with one attached hydrogen (secondary N) is 2. The third-order valence-electron chi connectivity index (χ3n) is 2.88. The largest absolute Gasteiger partial charge is 0.386 e. The molecule has 0 aromatic heterocycles. The fourth-order valence-electron chi connectivity index (χ4n) is 1.69. The Hall–Kier alpha value is -2.41. The van der Waals surface area contributed by atoms with Gasteiger partial charge in [0, 0.05) is 28.6 Å². The molecule has 9 heteroatoms. The van der Waals surface area contributed by atoms with E-state index in [9.17, 15) is 0 Å². The lowest BCUT2D eigenvalue weighted by Gasteiger charge is -1.99. The fraction of sp³-hybridized carbons (Fsp3) is 0.111. The van der Waals surface area contributed by atoms with Crippen molar-refractivity contribution in [1.29, 1.82) is 10.8 Å². The van der Waals surface area contributed by atoms with E-state index in [0.29, 0.717) is 20.6 Å². The van der Waals surface area contributed by atoms with Crippen LogP contribution in [0.25, 0.3) is 0 Å². The molecule has 0 aliphatic carbocycles. The van der Waals surface area contributed by atoms with E-state index in [0.717, 1.165) is 5.56 Å². The van der Waals surface area contributed by atoms with Gasteiger partial charge in [0.1, 0.15) is 11.7 Å². The van der Waals surface area contributed by atoms with Crippen molar-refractivity contribution in [3.8, 4) is 0 Å². The minimum Gasteiger partial charge on any atom is -0.386 e. The summed E-state index contributed by atoms with van der Waals surface area (Å²) in [5.74, 6) is 0.0488. The summed E-state index contributed by atoms with van der Waals surface area (Å²) >= 11 is 17.6. The van der Waals surface area contributed by atoms with Crippen LogP contribution in [0, 0.1) is 10.8 Å². The molecule has 0 unspecified atom stereocenters. The van der Waals surface area contributed by atoms with E-state index in [2.05, 4.69) is 9.98 Å². The Labute approximate surface area is 172 Å². The third-order valence-corrected chi connectivity index (χ3v) is 3.88. The average molecular weight is 426 g/mol. The Kier molecular flexibility index (Phi) is 10.1. The van der Waals surface area contributed by atoms with Gasteiger partial charge in [0.05, 0.1) is 23.1 Å². The maximum absolute atomic E-state index is 6.97. The topological polar surface area (TPSA) is 124 Å². The van der Waals surface area contributed by atoms with Crippen molar-refractivity contribution in [3.05, 3.63) is 68.7 Å². The van der Waals surface area contributed by atoms with E-state index >= 15 is 0 Å². The van der Waals surface area contributed by atoms with Gasteiger partial charge >= 0.3 is 0 Å². The van der Waals surface area contributed by atoms with Crippen LogP contribution in [0.5, 0.6) is 0 Å². The monoisotopic (exact) mass is 424 g/mol. The van der Waals surface area contributed by atoms with Gasteiger partial charge < -0.3 is 11.5 Å². The quantitative estimate of drug-likeness (QED) is 0.412. The zero-order valence-corrected chi connectivity index (χ0v) is 16.6. The molecule has 0 saturated carbocycles. The molecule has 0 heterocycles. The van der Waals surface area contributed by atoms with Gasteiger partial charge in [-0.25, -0.2) is 0 Å². The van der Waals surface area contributed by atoms with Crippen molar-refractivity contribution in [2.45, 2.75) is 0 Å². The maximum atomic E-state index is 6.97. The van der Waals surface area contributed by atoms with Gasteiger partial charge in [-0.1, -0.05) is 59.1 Å². The minimum absolute atomic E-state index is 0.00410. The van der Waals surface area contributed by atoms with Crippen molar-refractivity contribution < 1.29 is 0 Å². The number of rotatable bonds is 6. The first-order chi connectivity index (χ1) is 12.8. The van der Waals surface area contributed by atoms with E-state index in [-0.39, 0.29) is 24.8 Å². The van der Waals surface area contributed by atoms with Crippen molar-refractivity contribution in [3.63, 3.8) is 0 Å². The Morgan fingerprint density at radius 1 is 0.778 bits per heavy atom. The number of amidine groups is 2. The number of halogens is 3. The lowest BCUT2D eigenvalue weighted by Crippen LogP contribution is -2.13. The number of nitrogens with zero attached hydrogens (tertiary/aromatic N) is 2. The summed E-state index contributed by atoms with van der Waals surface area (Å²) in [6.45, 7) is 0.368. The molecule has 0 saturated heterocycles. The standard InChI is InChI=1S/C9H9Cl2N3.C9H10ClN3/c10-7-2-1-3-8(11)6(7)4-14-5-9(12)13;10-8-4-2-1-3-7(8)5-13-6-9(11)12/h1-4H,5H2,(H3,12,13);1-5H,6H2,(H3,11,12). The summed E-state index contributed by atoms with van der Waals surface area (Å²) in [6, 6.07) is 12.6. The molecule has 0 fully saturated rings. The molecule has 2 rings (SSSR count). The van der Waals surface area contributed by atoms with Gasteiger partial charge in [-0.15, -0.1) is 0 Å². The molecule has 2 aromatic carbocycles. The first kappa shape index (κ1) is 22.6. The number of hydrogen-bond donors (Lipinski definition) is 4. The summed E-state index contributed by atoms with van der Waals surface area (Å²) in [5.41, 5.74) is 11.8. The van der Waals surface area contributed by atoms with Crippen molar-refractivity contribution in [2.75, 3.05) is 13.1 Å². The first-order valence-electron chi connectivity index (χ1n) is 7.65. The van der Waals surface area contributed by atoms with Crippen molar-refractivity contribution >= 4 is 58.9 Å². The van der Waals surface area contributed by atoms with Crippen molar-refractivity contribution in [2.24, 2.45) is 21.5 Å². The molecule has 0 atom stereocenters. The molecule has 0 aliphatic rings. The van der Waals surface area contributed by atoms with Crippen LogP contribution in [0.2, 0.25) is 15.1 Å². The lowest BCUT2D eigenvalue weighted by molar-refractivity contribution is 1.24. The highest BCUT2D eigenvalue weighted by Crippen LogP contribution is 2.22. The maximum Gasteiger partial charge on any atom is 0.113 e. The Morgan fingerprint density at radius 3 is 1.78 bits per heavy atom. The highest BCUT2D eigenvalue weighted by Gasteiger charge is 2.01. The van der Waals surface area contributed by atoms with Crippen LogP contribution in [0.15, 0.2) is 52.4 Å². The van der Waals surface area contributed by atoms with Gasteiger partial charge in [0.2, 0.25) is 0 Å². The Balaban J connectivity index is 0.000000271. The molecule has 0 amide bonds. The Morgan fingerprint density at radius 2 is 1.26 bits per heavy atom. The number of benzene rings is 2. The predicted molar refractivity (Wildman–Crippen MR) is 117 cm³/mol. The molecular weight excluding hydrogens is 407 g/mol. The Bertz CT molecular complexity index is 828. The zero-order valence-electron chi connectivity index (χ0n) is 14.3. The SMILES string of the molecule is N=C(N)CN=Cc1c(Cl)cccc1Cl.N=C(N)CN=Cc1ccccc1Cl. The summed E-state index contributed by atoms with van der Waals surface area (Å²) in [5, 5.41) is 15.6. The van der Waals surface area contributed by atoms with Crippen LogP contribution < -0.4 is 11.5 Å². The molecule has 6 nitrogen and oxygen atoms in total. The molecule has 27 heavy (non-hydrogen) atoms. The summed E-state index contributed by atoms with van der Waals surface area (Å²) in [7, 11) is 0. The normalized spacial score (nSPS) is 10.6. The van der Waals surface area contributed by atoms with Crippen LogP contribution in [-0.2, 0) is 0 Å². The van der Waals surface area contributed by atoms with E-state index in [1.807, 2.05) is 18.2 Å². The molecule has 0 bridgehead atoms. The molecule has 0 radical (unpaired) electrons. The van der Waals surface area contributed by atoms with Crippen LogP contribution in [0.1, 0.15) is 11.1 Å².